The van der Waals surface area contributed by atoms with Gasteiger partial charge in [0.05, 0.1) is 23.6 Å². The van der Waals surface area contributed by atoms with Crippen molar-refractivity contribution in [3.05, 3.63) is 112 Å². The van der Waals surface area contributed by atoms with Gasteiger partial charge in [-0.15, -0.1) is 6.58 Å². The Labute approximate surface area is 192 Å². The zero-order valence-electron chi connectivity index (χ0n) is 16.9. The second-order valence-corrected chi connectivity index (χ2v) is 7.78. The van der Waals surface area contributed by atoms with Gasteiger partial charge >= 0.3 is 0 Å². The highest BCUT2D eigenvalue weighted by atomic mass is 35.5. The number of hydrogen-bond donors (Lipinski definition) is 1. The highest BCUT2D eigenvalue weighted by molar-refractivity contribution is 6.37. The zero-order valence-corrected chi connectivity index (χ0v) is 18.4. The van der Waals surface area contributed by atoms with E-state index >= 15 is 0 Å². The normalized spacial score (nSPS) is 10.4. The van der Waals surface area contributed by atoms with E-state index in [4.69, 9.17) is 23.2 Å². The number of nitrogens with one attached hydrogen (secondary N) is 1. The van der Waals surface area contributed by atoms with Crippen LogP contribution in [0, 0.1) is 0 Å². The van der Waals surface area contributed by atoms with Crippen LogP contribution in [-0.2, 0) is 17.8 Å². The molecule has 0 bridgehead atoms. The summed E-state index contributed by atoms with van der Waals surface area (Å²) >= 11 is 12.3. The molecule has 3 aromatic carbocycles. The van der Waals surface area contributed by atoms with E-state index in [0.29, 0.717) is 34.4 Å². The molecule has 3 rings (SSSR count). The highest BCUT2D eigenvalue weighted by Gasteiger charge is 2.21. The van der Waals surface area contributed by atoms with Crippen LogP contribution >= 0.6 is 23.2 Å². The summed E-state index contributed by atoms with van der Waals surface area (Å²) in [6.45, 7) is 4.39. The molecular weight excluding hydrogens is 431 g/mol. The Balaban J connectivity index is 1.88. The molecule has 0 saturated carbocycles. The summed E-state index contributed by atoms with van der Waals surface area (Å²) in [7, 11) is 0. The molecule has 0 radical (unpaired) electrons. The van der Waals surface area contributed by atoms with Gasteiger partial charge in [0, 0.05) is 17.3 Å². The van der Waals surface area contributed by atoms with Gasteiger partial charge in [0.15, 0.2) is 0 Å². The molecule has 158 valence electrons. The number of rotatable bonds is 8. The number of anilines is 1. The summed E-state index contributed by atoms with van der Waals surface area (Å²) in [5, 5.41) is 3.52. The van der Waals surface area contributed by atoms with Crippen LogP contribution in [0.5, 0.6) is 0 Å². The van der Waals surface area contributed by atoms with Crippen LogP contribution in [0.1, 0.15) is 21.5 Å². The first-order valence-electron chi connectivity index (χ1n) is 9.75. The van der Waals surface area contributed by atoms with Crippen LogP contribution in [0.2, 0.25) is 10.0 Å². The van der Waals surface area contributed by atoms with Gasteiger partial charge in [0.1, 0.15) is 0 Å². The molecule has 3 aromatic rings. The molecule has 0 spiro atoms. The molecule has 0 aromatic heterocycles. The van der Waals surface area contributed by atoms with E-state index in [2.05, 4.69) is 11.9 Å². The van der Waals surface area contributed by atoms with Crippen LogP contribution < -0.4 is 10.2 Å². The lowest BCUT2D eigenvalue weighted by Crippen LogP contribution is -2.30. The lowest BCUT2D eigenvalue weighted by Gasteiger charge is -2.24. The lowest BCUT2D eigenvalue weighted by atomic mass is 10.1. The van der Waals surface area contributed by atoms with Gasteiger partial charge in [-0.3, -0.25) is 9.59 Å². The fourth-order valence-electron chi connectivity index (χ4n) is 3.08. The second-order valence-electron chi connectivity index (χ2n) is 6.94. The summed E-state index contributed by atoms with van der Waals surface area (Å²) in [5.74, 6) is -0.320. The van der Waals surface area contributed by atoms with Crippen molar-refractivity contribution in [2.45, 2.75) is 13.0 Å². The highest BCUT2D eigenvalue weighted by Crippen LogP contribution is 2.26. The largest absolute Gasteiger partial charge is 0.352 e. The Hall–Kier alpha value is -3.08. The van der Waals surface area contributed by atoms with Crippen LogP contribution in [0.3, 0.4) is 0 Å². The maximum atomic E-state index is 13.4. The molecule has 0 heterocycles. The average molecular weight is 453 g/mol. The van der Waals surface area contributed by atoms with E-state index in [1.807, 2.05) is 54.6 Å². The van der Waals surface area contributed by atoms with Gasteiger partial charge in [0.25, 0.3) is 5.91 Å². The van der Waals surface area contributed by atoms with Crippen molar-refractivity contribution >= 4 is 40.7 Å². The molecule has 6 heteroatoms. The number of hydrogen-bond acceptors (Lipinski definition) is 2. The Morgan fingerprint density at radius 2 is 1.65 bits per heavy atom. The van der Waals surface area contributed by atoms with Gasteiger partial charge in [-0.2, -0.15) is 0 Å². The van der Waals surface area contributed by atoms with Crippen molar-refractivity contribution in [1.29, 1.82) is 0 Å². The molecular formula is C25H22Cl2N2O2. The molecule has 31 heavy (non-hydrogen) atoms. The average Bonchev–Trinajstić information content (AvgIpc) is 2.77. The van der Waals surface area contributed by atoms with E-state index in [1.54, 1.807) is 29.2 Å². The third-order valence-corrected chi connectivity index (χ3v) is 5.19. The third-order valence-electron chi connectivity index (χ3n) is 4.65. The Morgan fingerprint density at radius 1 is 0.935 bits per heavy atom. The first-order valence-corrected chi connectivity index (χ1v) is 10.5. The lowest BCUT2D eigenvalue weighted by molar-refractivity contribution is -0.120. The van der Waals surface area contributed by atoms with Crippen molar-refractivity contribution in [3.63, 3.8) is 0 Å². The minimum Gasteiger partial charge on any atom is -0.352 e. The summed E-state index contributed by atoms with van der Waals surface area (Å²) in [4.78, 5) is 27.0. The van der Waals surface area contributed by atoms with Gasteiger partial charge in [0.2, 0.25) is 5.91 Å². The summed E-state index contributed by atoms with van der Waals surface area (Å²) in [5.41, 5.74) is 2.90. The second kappa shape index (κ2) is 10.8. The van der Waals surface area contributed by atoms with Crippen LogP contribution in [0.25, 0.3) is 0 Å². The van der Waals surface area contributed by atoms with Gasteiger partial charge in [-0.05, 0) is 41.5 Å². The maximum absolute atomic E-state index is 13.4. The molecule has 0 atom stereocenters. The van der Waals surface area contributed by atoms with Crippen molar-refractivity contribution < 1.29 is 9.59 Å². The Morgan fingerprint density at radius 3 is 2.29 bits per heavy atom. The first kappa shape index (κ1) is 22.6. The molecule has 0 aliphatic rings. The first-order chi connectivity index (χ1) is 15.0. The Bertz CT molecular complexity index is 1070. The Kier molecular flexibility index (Phi) is 7.88. The van der Waals surface area contributed by atoms with Crippen LogP contribution in [-0.4, -0.2) is 18.4 Å². The predicted molar refractivity (Wildman–Crippen MR) is 127 cm³/mol. The van der Waals surface area contributed by atoms with Crippen molar-refractivity contribution in [2.75, 3.05) is 11.4 Å². The zero-order chi connectivity index (χ0) is 22.2. The van der Waals surface area contributed by atoms with Crippen molar-refractivity contribution in [1.82, 2.24) is 5.32 Å². The summed E-state index contributed by atoms with van der Waals surface area (Å²) < 4.78 is 0. The molecule has 0 fully saturated rings. The maximum Gasteiger partial charge on any atom is 0.260 e. The predicted octanol–water partition coefficient (Wildman–Crippen LogP) is 5.69. The number of nitrogens with zero attached hydrogens (tertiary/aromatic N) is 1. The van der Waals surface area contributed by atoms with E-state index in [0.717, 1.165) is 11.1 Å². The van der Waals surface area contributed by atoms with Crippen molar-refractivity contribution in [2.24, 2.45) is 0 Å². The minimum absolute atomic E-state index is 0.0854. The van der Waals surface area contributed by atoms with E-state index in [-0.39, 0.29) is 18.2 Å². The third kappa shape index (κ3) is 6.20. The number of benzene rings is 3. The van der Waals surface area contributed by atoms with Crippen LogP contribution in [0.4, 0.5) is 5.69 Å². The van der Waals surface area contributed by atoms with E-state index in [1.165, 1.54) is 0 Å². The minimum atomic E-state index is -0.234. The fraction of sp³-hybridized carbons (Fsp3) is 0.120. The molecule has 1 N–H and O–H groups in total. The summed E-state index contributed by atoms with van der Waals surface area (Å²) in [6, 6.07) is 21.9. The smallest absolute Gasteiger partial charge is 0.260 e. The standard InChI is InChI=1S/C25H22Cl2N2O2/c1-2-14-28-24(30)15-18-8-11-21(12-9-18)29(17-19-6-4-3-5-7-19)25(31)22-13-10-20(26)16-23(22)27/h2-13,16H,1,14-15,17H2,(H,28,30). The van der Waals surface area contributed by atoms with Gasteiger partial charge in [-0.25, -0.2) is 0 Å². The van der Waals surface area contributed by atoms with E-state index in [9.17, 15) is 9.59 Å². The van der Waals surface area contributed by atoms with Gasteiger partial charge in [-0.1, -0.05) is 71.7 Å². The van der Waals surface area contributed by atoms with Gasteiger partial charge < -0.3 is 10.2 Å². The number of amides is 2. The molecule has 2 amide bonds. The quantitative estimate of drug-likeness (QED) is 0.446. The molecule has 0 aliphatic carbocycles. The molecule has 4 nitrogen and oxygen atoms in total. The number of carbonyl (C=O) groups is 2. The summed E-state index contributed by atoms with van der Waals surface area (Å²) in [6.07, 6.45) is 1.89. The van der Waals surface area contributed by atoms with Crippen LogP contribution in [0.15, 0.2) is 85.5 Å². The number of carbonyl (C=O) groups excluding carboxylic acids is 2. The topological polar surface area (TPSA) is 49.4 Å². The SMILES string of the molecule is C=CCNC(=O)Cc1ccc(N(Cc2ccccc2)C(=O)c2ccc(Cl)cc2Cl)cc1. The number of halogens is 2. The molecule has 0 saturated heterocycles. The fourth-order valence-corrected chi connectivity index (χ4v) is 3.57. The van der Waals surface area contributed by atoms with Crippen molar-refractivity contribution in [3.8, 4) is 0 Å². The monoisotopic (exact) mass is 452 g/mol. The molecule has 0 unspecified atom stereocenters. The van der Waals surface area contributed by atoms with E-state index < -0.39 is 0 Å². The molecule has 0 aliphatic heterocycles.